The van der Waals surface area contributed by atoms with E-state index in [1.165, 1.54) is 306 Å². The Morgan fingerprint density at radius 1 is 0.0989 bits per heavy atom. The van der Waals surface area contributed by atoms with Crippen molar-refractivity contribution < 1.29 is 0 Å². The van der Waals surface area contributed by atoms with Gasteiger partial charge in [0.2, 0.25) is 0 Å². The first-order chi connectivity index (χ1) is 42.5. The van der Waals surface area contributed by atoms with Crippen LogP contribution in [0.25, 0.3) is 98.0 Å². The van der Waals surface area contributed by atoms with Crippen molar-refractivity contribution in [3.63, 3.8) is 0 Å². The Hall–Kier alpha value is -5.07. The molecular weight excluding hydrogens is 1050 g/mol. The number of hydrogen-bond acceptors (Lipinski definition) is 0. The van der Waals surface area contributed by atoms with Crippen LogP contribution in [0.5, 0.6) is 0 Å². The van der Waals surface area contributed by atoms with Crippen LogP contribution in [0.3, 0.4) is 0 Å². The number of rotatable bonds is 4. The van der Waals surface area contributed by atoms with Gasteiger partial charge in [0, 0.05) is 0 Å². The summed E-state index contributed by atoms with van der Waals surface area (Å²) in [5.74, 6) is 0. The molecule has 0 aliphatic heterocycles. The molecule has 12 aromatic carbocycles. The van der Waals surface area contributed by atoms with Crippen molar-refractivity contribution in [2.75, 3.05) is 0 Å². The molecule has 0 saturated carbocycles. The quantitative estimate of drug-likeness (QED) is 0.122. The van der Waals surface area contributed by atoms with Crippen molar-refractivity contribution in [3.05, 3.63) is 22.3 Å². The molecule has 0 fully saturated rings. The van der Waals surface area contributed by atoms with Gasteiger partial charge >= 0.3 is 0 Å². The van der Waals surface area contributed by atoms with Gasteiger partial charge in [-0.15, -0.1) is 43.7 Å². The molecule has 1 aliphatic carbocycles. The molecule has 13 rings (SSSR count). The number of fused-ring (bicyclic) bond motifs is 3. The average Bonchev–Trinajstić information content (AvgIpc) is 1.59. The molecule has 0 radical (unpaired) electrons. The molecule has 0 N–H and O–H groups in total. The summed E-state index contributed by atoms with van der Waals surface area (Å²) in [7, 11) is 83.4. The van der Waals surface area contributed by atoms with Crippen molar-refractivity contribution in [3.8, 4) is 33.4 Å². The zero-order chi connectivity index (χ0) is 66.8. The lowest BCUT2D eigenvalue weighted by molar-refractivity contribution is 0.805. The first-order valence-electron chi connectivity index (χ1n) is 34.2. The summed E-state index contributed by atoms with van der Waals surface area (Å²) in [6, 6.07) is 0. The fraction of sp³-hybridized carbons (Fsp3) is 0.0175. The van der Waals surface area contributed by atoms with Gasteiger partial charge in [0.25, 0.3) is 0 Å². The summed E-state index contributed by atoms with van der Waals surface area (Å²) in [5, 5.41) is 17.4. The monoisotopic (exact) mass is 1130 g/mol. The Balaban J connectivity index is 1.34. The maximum Gasteiger partial charge on any atom is 0.140 e. The minimum atomic E-state index is -0.748. The van der Waals surface area contributed by atoms with Crippen molar-refractivity contribution in [1.82, 2.24) is 0 Å². The van der Waals surface area contributed by atoms with Crippen molar-refractivity contribution in [2.24, 2.45) is 0 Å². The molecule has 0 bridgehead atoms. The van der Waals surface area contributed by atoms with Crippen LogP contribution in [0.15, 0.2) is 0 Å². The first-order valence-corrected chi connectivity index (χ1v) is 34.2. The molecule has 12 aromatic rings. The first kappa shape index (κ1) is 64.6. The molecule has 0 atom stereocenters. The van der Waals surface area contributed by atoms with Crippen LogP contribution < -0.4 is 186 Å². The van der Waals surface area contributed by atoms with Gasteiger partial charge in [-0.2, -0.15) is 0 Å². The number of hydrogen-bond donors (Lipinski definition) is 0. The molecule has 0 amide bonds. The Morgan fingerprint density at radius 2 is 0.253 bits per heavy atom. The van der Waals surface area contributed by atoms with Gasteiger partial charge in [0.1, 0.15) is 267 Å². The van der Waals surface area contributed by atoms with E-state index in [1.54, 1.807) is 0 Å². The molecule has 0 heterocycles. The predicted octanol–water partition coefficient (Wildman–Crippen LogP) is -44.0. The standard InChI is InChI=1S/C57H68B34/c58-23-17(7-5-1-3-13(33(68)25(5)60)41(76)49(84)43(78)15(3)37(72)35(70)11(1)31(66)27(7)62)39(74)29(64)9-10-20(57(19(9)23,21-45(80)51(86)55(90)52(87)46(21)81)22-47(82)53(88)56(91)54(89)48(22)83)24(59)18(40(75)30(10)65)8-6-2-4-14(34(69)26(6)61)42(77)50(85)44(79)16(4)38(73)36(71)12(2)32(67)28(8)63/h58-91H2. The van der Waals surface area contributed by atoms with Crippen LogP contribution in [-0.2, 0) is 5.41 Å². The fourth-order valence-corrected chi connectivity index (χ4v) is 20.5. The van der Waals surface area contributed by atoms with Gasteiger partial charge in [-0.3, -0.25) is 0 Å². The summed E-state index contributed by atoms with van der Waals surface area (Å²) in [6.45, 7) is 0. The van der Waals surface area contributed by atoms with Crippen molar-refractivity contribution in [2.45, 2.75) is 5.41 Å². The van der Waals surface area contributed by atoms with Gasteiger partial charge in [-0.25, -0.2) is 0 Å². The van der Waals surface area contributed by atoms with Crippen LogP contribution in [-0.4, -0.2) is 267 Å². The van der Waals surface area contributed by atoms with Crippen LogP contribution in [0, 0.1) is 0 Å². The van der Waals surface area contributed by atoms with Crippen LogP contribution >= 0.6 is 0 Å². The lowest BCUT2D eigenvalue weighted by Crippen LogP contribution is -2.65. The minimum Gasteiger partial charge on any atom is -0.102 e. The molecule has 1 aliphatic rings. The molecule has 0 nitrogen and oxygen atoms in total. The highest BCUT2D eigenvalue weighted by molar-refractivity contribution is 6.79. The lowest BCUT2D eigenvalue weighted by Gasteiger charge is -2.45. The fourth-order valence-electron chi connectivity index (χ4n) is 20.5. The minimum absolute atomic E-state index is 0.748. The lowest BCUT2D eigenvalue weighted by atomic mass is 9.47. The summed E-state index contributed by atoms with van der Waals surface area (Å²) >= 11 is 0. The molecule has 0 spiro atoms. The molecule has 0 aromatic heterocycles. The second kappa shape index (κ2) is 21.0. The normalized spacial score (nSPS) is 12.9. The van der Waals surface area contributed by atoms with E-state index >= 15 is 0 Å². The predicted molar refractivity (Wildman–Crippen MR) is 520 cm³/mol. The van der Waals surface area contributed by atoms with E-state index in [9.17, 15) is 0 Å². The molecule has 34 heteroatoms. The largest absolute Gasteiger partial charge is 0.140 e. The van der Waals surface area contributed by atoms with Crippen LogP contribution in [0.2, 0.25) is 0 Å². The van der Waals surface area contributed by atoms with E-state index in [0.717, 1.165) is 0 Å². The molecule has 398 valence electrons. The van der Waals surface area contributed by atoms with Gasteiger partial charge in [0.15, 0.2) is 0 Å². The van der Waals surface area contributed by atoms with Crippen molar-refractivity contribution >= 4 is 517 Å². The van der Waals surface area contributed by atoms with Gasteiger partial charge in [-0.1, -0.05) is 142 Å². The molecule has 91 heavy (non-hydrogen) atoms. The highest BCUT2D eigenvalue weighted by Crippen LogP contribution is 2.53. The molecular formula is C57H68B34. The Kier molecular flexibility index (Phi) is 14.9. The van der Waals surface area contributed by atoms with Crippen LogP contribution in [0.1, 0.15) is 22.3 Å². The highest BCUT2D eigenvalue weighted by Gasteiger charge is 2.53. The van der Waals surface area contributed by atoms with Crippen LogP contribution in [0.4, 0.5) is 0 Å². The third kappa shape index (κ3) is 7.51. The zero-order valence-electron chi connectivity index (χ0n) is 62.5. The van der Waals surface area contributed by atoms with Crippen molar-refractivity contribution in [1.29, 1.82) is 0 Å². The smallest absolute Gasteiger partial charge is 0.102 e. The third-order valence-electron chi connectivity index (χ3n) is 27.5. The SMILES string of the molecule is Bc1c(B)c(B)c(C2(c3c(B)c(B)c(B)c(B)c3B)c3c(B)c(-c4c(B)c(B)c5c(B)c(B)c6c(B)c(B)c(B)c7c(B)c(B)c4c5c67)c(B)c(B)c3-c3c(B)c(B)c(-c4c(B)c(B)c5c(B)c(B)c6c(B)c(B)c(B)c7c(B)c(B)c4c5c67)c(B)c32)c(B)c1B. The number of benzene rings is 12. The maximum atomic E-state index is 2.59. The third-order valence-corrected chi connectivity index (χ3v) is 27.5. The Labute approximate surface area is 573 Å². The zero-order valence-corrected chi connectivity index (χ0v) is 62.5. The summed E-state index contributed by atoms with van der Waals surface area (Å²) in [6.07, 6.45) is 0. The maximum absolute atomic E-state index is 2.59. The van der Waals surface area contributed by atoms with E-state index in [1.807, 2.05) is 0 Å². The van der Waals surface area contributed by atoms with E-state index < -0.39 is 5.41 Å². The summed E-state index contributed by atoms with van der Waals surface area (Å²) in [4.78, 5) is 0. The topological polar surface area (TPSA) is 0 Å². The molecule has 0 unspecified atom stereocenters. The Morgan fingerprint density at radius 3 is 0.495 bits per heavy atom. The van der Waals surface area contributed by atoms with E-state index in [0.29, 0.717) is 0 Å². The van der Waals surface area contributed by atoms with Gasteiger partial charge in [0.05, 0.1) is 5.41 Å². The van der Waals surface area contributed by atoms with E-state index in [4.69, 9.17) is 0 Å². The average molecular weight is 1120 g/mol. The van der Waals surface area contributed by atoms with E-state index in [-0.39, 0.29) is 0 Å². The Bertz CT molecular complexity index is 5120. The second-order valence-electron chi connectivity index (χ2n) is 30.2. The van der Waals surface area contributed by atoms with Gasteiger partial charge in [-0.05, 0) is 120 Å². The highest BCUT2D eigenvalue weighted by atomic mass is 14.5. The summed E-state index contributed by atoms with van der Waals surface area (Å²) < 4.78 is 0. The second-order valence-corrected chi connectivity index (χ2v) is 30.2. The van der Waals surface area contributed by atoms with E-state index in [2.05, 4.69) is 267 Å². The molecule has 0 saturated heterocycles. The summed E-state index contributed by atoms with van der Waals surface area (Å²) in [5.41, 5.74) is 61.7. The van der Waals surface area contributed by atoms with Gasteiger partial charge < -0.3 is 0 Å².